The molecule has 21 heavy (non-hydrogen) atoms. The quantitative estimate of drug-likeness (QED) is 0.799. The molecule has 0 heterocycles. The predicted octanol–water partition coefficient (Wildman–Crippen LogP) is 2.90. The van der Waals surface area contributed by atoms with Gasteiger partial charge in [0, 0.05) is 31.7 Å². The number of hydrogen-bond acceptors (Lipinski definition) is 3. The Hall–Kier alpha value is -0.900. The van der Waals surface area contributed by atoms with E-state index in [1.165, 1.54) is 11.1 Å². The van der Waals surface area contributed by atoms with E-state index in [1.54, 1.807) is 0 Å². The molecule has 3 heteroatoms. The number of rotatable bonds is 8. The van der Waals surface area contributed by atoms with Crippen LogP contribution < -0.4 is 5.73 Å². The van der Waals surface area contributed by atoms with Gasteiger partial charge >= 0.3 is 0 Å². The Bertz CT molecular complexity index is 395. The molecule has 3 nitrogen and oxygen atoms in total. The lowest BCUT2D eigenvalue weighted by atomic mass is 9.97. The van der Waals surface area contributed by atoms with Crippen molar-refractivity contribution in [3.8, 4) is 0 Å². The van der Waals surface area contributed by atoms with Crippen LogP contribution in [0.3, 0.4) is 0 Å². The van der Waals surface area contributed by atoms with Crippen LogP contribution in [0.2, 0.25) is 0 Å². The highest BCUT2D eigenvalue weighted by atomic mass is 15.2. The van der Waals surface area contributed by atoms with Crippen LogP contribution in [0.15, 0.2) is 24.3 Å². The predicted molar refractivity (Wildman–Crippen MR) is 92.5 cm³/mol. The third kappa shape index (κ3) is 6.16. The van der Waals surface area contributed by atoms with E-state index in [2.05, 4.69) is 75.9 Å². The van der Waals surface area contributed by atoms with Crippen molar-refractivity contribution in [3.05, 3.63) is 35.4 Å². The fraction of sp³-hybridized carbons (Fsp3) is 0.667. The molecule has 120 valence electrons. The summed E-state index contributed by atoms with van der Waals surface area (Å²) in [7, 11) is 4.25. The van der Waals surface area contributed by atoms with Crippen molar-refractivity contribution in [2.45, 2.75) is 39.8 Å². The Kier molecular flexibility index (Phi) is 7.36. The molecule has 0 aliphatic heterocycles. The topological polar surface area (TPSA) is 32.5 Å². The number of aryl methyl sites for hydroxylation is 1. The standard InChI is InChI=1S/C18H33N3/c1-14(2)13-21(12-11-20(5)6)18(16(4)19)17-9-7-15(3)8-10-17/h7-10,14,16,18H,11-13,19H2,1-6H3. The van der Waals surface area contributed by atoms with Crippen LogP contribution in [0.1, 0.15) is 37.9 Å². The molecule has 0 saturated heterocycles. The lowest BCUT2D eigenvalue weighted by molar-refractivity contribution is 0.144. The van der Waals surface area contributed by atoms with Crippen molar-refractivity contribution >= 4 is 0 Å². The van der Waals surface area contributed by atoms with Crippen LogP contribution in [0.25, 0.3) is 0 Å². The van der Waals surface area contributed by atoms with Crippen LogP contribution in [0.5, 0.6) is 0 Å². The maximum Gasteiger partial charge on any atom is 0.0497 e. The van der Waals surface area contributed by atoms with Crippen molar-refractivity contribution in [2.75, 3.05) is 33.7 Å². The summed E-state index contributed by atoms with van der Waals surface area (Å²) in [4.78, 5) is 4.78. The third-order valence-corrected chi connectivity index (χ3v) is 3.74. The summed E-state index contributed by atoms with van der Waals surface area (Å²) in [5, 5.41) is 0. The van der Waals surface area contributed by atoms with Crippen molar-refractivity contribution in [1.29, 1.82) is 0 Å². The van der Waals surface area contributed by atoms with E-state index < -0.39 is 0 Å². The first kappa shape index (κ1) is 18.1. The molecule has 0 spiro atoms. The molecule has 0 amide bonds. The van der Waals surface area contributed by atoms with Gasteiger partial charge in [0.25, 0.3) is 0 Å². The minimum Gasteiger partial charge on any atom is -0.326 e. The van der Waals surface area contributed by atoms with Gasteiger partial charge in [0.2, 0.25) is 0 Å². The van der Waals surface area contributed by atoms with E-state index in [1.807, 2.05) is 0 Å². The first-order valence-corrected chi connectivity index (χ1v) is 8.02. The van der Waals surface area contributed by atoms with E-state index in [0.717, 1.165) is 19.6 Å². The maximum atomic E-state index is 6.33. The van der Waals surface area contributed by atoms with Gasteiger partial charge in [0.1, 0.15) is 0 Å². The van der Waals surface area contributed by atoms with E-state index in [4.69, 9.17) is 5.73 Å². The molecule has 0 aliphatic rings. The van der Waals surface area contributed by atoms with Gasteiger partial charge in [0.15, 0.2) is 0 Å². The van der Waals surface area contributed by atoms with Crippen molar-refractivity contribution in [2.24, 2.45) is 11.7 Å². The summed E-state index contributed by atoms with van der Waals surface area (Å²) < 4.78 is 0. The van der Waals surface area contributed by atoms with E-state index in [0.29, 0.717) is 5.92 Å². The number of nitrogens with zero attached hydrogens (tertiary/aromatic N) is 2. The lowest BCUT2D eigenvalue weighted by Crippen LogP contribution is -2.44. The lowest BCUT2D eigenvalue weighted by Gasteiger charge is -2.36. The summed E-state index contributed by atoms with van der Waals surface area (Å²) in [6, 6.07) is 9.23. The molecule has 1 aromatic carbocycles. The van der Waals surface area contributed by atoms with Crippen molar-refractivity contribution < 1.29 is 0 Å². The molecule has 0 aromatic heterocycles. The molecule has 0 fully saturated rings. The van der Waals surface area contributed by atoms with E-state index in [9.17, 15) is 0 Å². The molecule has 2 unspecified atom stereocenters. The Balaban J connectivity index is 2.97. The first-order chi connectivity index (χ1) is 9.81. The van der Waals surface area contributed by atoms with Gasteiger partial charge in [-0.25, -0.2) is 0 Å². The van der Waals surface area contributed by atoms with Crippen LogP contribution in [0, 0.1) is 12.8 Å². The van der Waals surface area contributed by atoms with Crippen LogP contribution in [0.4, 0.5) is 0 Å². The van der Waals surface area contributed by atoms with Gasteiger partial charge in [-0.05, 0) is 39.4 Å². The number of nitrogens with two attached hydrogens (primary N) is 1. The van der Waals surface area contributed by atoms with Gasteiger partial charge in [-0.2, -0.15) is 0 Å². The summed E-state index contributed by atoms with van der Waals surface area (Å²) in [5.41, 5.74) is 8.96. The summed E-state index contributed by atoms with van der Waals surface area (Å²) >= 11 is 0. The number of likely N-dealkylation sites (N-methyl/N-ethyl adjacent to an activating group) is 1. The zero-order valence-corrected chi connectivity index (χ0v) is 14.6. The Labute approximate surface area is 131 Å². The van der Waals surface area contributed by atoms with E-state index >= 15 is 0 Å². The highest BCUT2D eigenvalue weighted by molar-refractivity contribution is 5.25. The average molecular weight is 291 g/mol. The van der Waals surface area contributed by atoms with Crippen molar-refractivity contribution in [1.82, 2.24) is 9.80 Å². The van der Waals surface area contributed by atoms with Gasteiger partial charge in [0.05, 0.1) is 0 Å². The maximum absolute atomic E-state index is 6.33. The average Bonchev–Trinajstić information content (AvgIpc) is 2.37. The summed E-state index contributed by atoms with van der Waals surface area (Å²) in [6.07, 6.45) is 0. The molecule has 0 saturated carbocycles. The largest absolute Gasteiger partial charge is 0.326 e. The Morgan fingerprint density at radius 2 is 1.57 bits per heavy atom. The van der Waals surface area contributed by atoms with Crippen LogP contribution >= 0.6 is 0 Å². The molecular weight excluding hydrogens is 258 g/mol. The molecule has 0 aliphatic carbocycles. The highest BCUT2D eigenvalue weighted by Gasteiger charge is 2.24. The summed E-state index contributed by atoms with van der Waals surface area (Å²) in [6.45, 7) is 12.0. The monoisotopic (exact) mass is 291 g/mol. The second-order valence-corrected chi connectivity index (χ2v) is 6.91. The zero-order chi connectivity index (χ0) is 16.0. The molecule has 2 atom stereocenters. The Morgan fingerprint density at radius 1 is 1.00 bits per heavy atom. The molecular formula is C18H33N3. The van der Waals surface area contributed by atoms with Crippen LogP contribution in [-0.4, -0.2) is 49.6 Å². The second kappa shape index (κ2) is 8.52. The van der Waals surface area contributed by atoms with Gasteiger partial charge in [-0.1, -0.05) is 43.7 Å². The van der Waals surface area contributed by atoms with E-state index in [-0.39, 0.29) is 12.1 Å². The molecule has 1 rings (SSSR count). The summed E-state index contributed by atoms with van der Waals surface area (Å²) in [5.74, 6) is 0.638. The smallest absolute Gasteiger partial charge is 0.0497 e. The molecule has 0 bridgehead atoms. The minimum atomic E-state index is 0.119. The Morgan fingerprint density at radius 3 is 2.00 bits per heavy atom. The number of hydrogen-bond donors (Lipinski definition) is 1. The number of benzene rings is 1. The highest BCUT2D eigenvalue weighted by Crippen LogP contribution is 2.25. The van der Waals surface area contributed by atoms with Crippen molar-refractivity contribution in [3.63, 3.8) is 0 Å². The fourth-order valence-corrected chi connectivity index (χ4v) is 2.75. The zero-order valence-electron chi connectivity index (χ0n) is 14.6. The van der Waals surface area contributed by atoms with Crippen LogP contribution in [-0.2, 0) is 0 Å². The normalized spacial score (nSPS) is 15.0. The van der Waals surface area contributed by atoms with Gasteiger partial charge in [-0.15, -0.1) is 0 Å². The molecule has 0 radical (unpaired) electrons. The van der Waals surface area contributed by atoms with Gasteiger partial charge in [-0.3, -0.25) is 4.90 Å². The fourth-order valence-electron chi connectivity index (χ4n) is 2.75. The first-order valence-electron chi connectivity index (χ1n) is 8.02. The third-order valence-electron chi connectivity index (χ3n) is 3.74. The minimum absolute atomic E-state index is 0.119. The second-order valence-electron chi connectivity index (χ2n) is 6.91. The van der Waals surface area contributed by atoms with Gasteiger partial charge < -0.3 is 10.6 Å². The molecule has 1 aromatic rings. The molecule has 2 N–H and O–H groups in total. The SMILES string of the molecule is Cc1ccc(C(C(C)N)N(CCN(C)C)CC(C)C)cc1.